The molecule has 3 aromatic rings. The summed E-state index contributed by atoms with van der Waals surface area (Å²) in [7, 11) is -3.83. The van der Waals surface area contributed by atoms with Gasteiger partial charge in [0.05, 0.1) is 29.5 Å². The molecule has 0 bridgehead atoms. The number of nitrogens with zero attached hydrogens (tertiary/aromatic N) is 2. The van der Waals surface area contributed by atoms with Crippen molar-refractivity contribution in [2.45, 2.75) is 11.3 Å². The van der Waals surface area contributed by atoms with Gasteiger partial charge in [0.2, 0.25) is 0 Å². The molecular weight excluding hydrogens is 457 g/mol. The van der Waals surface area contributed by atoms with Gasteiger partial charge in [-0.15, -0.1) is 0 Å². The number of halogens is 1. The number of morpholine rings is 1. The van der Waals surface area contributed by atoms with Crippen LogP contribution in [0.5, 0.6) is 0 Å². The van der Waals surface area contributed by atoms with Gasteiger partial charge in [-0.1, -0.05) is 24.3 Å². The third-order valence-corrected chi connectivity index (χ3v) is 7.90. The maximum absolute atomic E-state index is 14.7. The van der Waals surface area contributed by atoms with Crippen molar-refractivity contribution in [3.8, 4) is 0 Å². The summed E-state index contributed by atoms with van der Waals surface area (Å²) in [6, 6.07) is 17.8. The minimum atomic E-state index is -3.83. The van der Waals surface area contributed by atoms with Crippen LogP contribution >= 0.6 is 0 Å². The molecular formula is C25H24FN3O4S. The highest BCUT2D eigenvalue weighted by Crippen LogP contribution is 2.33. The standard InChI is InChI=1S/C25H24FN3O4S/c26-22-17-20(8-9-24(22)28-12-14-33-15-13-28)27-25(30)19-5-3-6-21(16-19)34(31,32)29-11-10-18-4-1-2-7-23(18)29/h1-9,16-17H,10-15H2,(H,27,30). The van der Waals surface area contributed by atoms with Crippen molar-refractivity contribution < 1.29 is 22.3 Å². The van der Waals surface area contributed by atoms with Crippen LogP contribution in [-0.2, 0) is 21.2 Å². The number of fused-ring (bicyclic) bond motifs is 1. The van der Waals surface area contributed by atoms with Crippen LogP contribution in [0.1, 0.15) is 15.9 Å². The van der Waals surface area contributed by atoms with Crippen LogP contribution in [0.25, 0.3) is 0 Å². The van der Waals surface area contributed by atoms with Gasteiger partial charge in [0.25, 0.3) is 15.9 Å². The van der Waals surface area contributed by atoms with Crippen LogP contribution in [0.2, 0.25) is 0 Å². The van der Waals surface area contributed by atoms with Gasteiger partial charge in [-0.05, 0) is 54.4 Å². The van der Waals surface area contributed by atoms with E-state index in [4.69, 9.17) is 4.74 Å². The van der Waals surface area contributed by atoms with Crippen LogP contribution < -0.4 is 14.5 Å². The topological polar surface area (TPSA) is 79.0 Å². The Hall–Kier alpha value is -3.43. The van der Waals surface area contributed by atoms with Gasteiger partial charge in [0.1, 0.15) is 5.82 Å². The van der Waals surface area contributed by atoms with Gasteiger partial charge < -0.3 is 15.0 Å². The number of para-hydroxylation sites is 1. The summed E-state index contributed by atoms with van der Waals surface area (Å²) in [5.74, 6) is -0.957. The van der Waals surface area contributed by atoms with Crippen molar-refractivity contribution in [3.05, 3.63) is 83.7 Å². The molecule has 176 valence electrons. The summed E-state index contributed by atoms with van der Waals surface area (Å²) in [5, 5.41) is 2.66. The molecule has 2 heterocycles. The molecule has 0 spiro atoms. The zero-order chi connectivity index (χ0) is 23.7. The fraction of sp³-hybridized carbons (Fsp3) is 0.240. The Morgan fingerprint density at radius 2 is 1.71 bits per heavy atom. The quantitative estimate of drug-likeness (QED) is 0.602. The van der Waals surface area contributed by atoms with Crippen molar-refractivity contribution in [3.63, 3.8) is 0 Å². The molecule has 0 radical (unpaired) electrons. The zero-order valence-electron chi connectivity index (χ0n) is 18.4. The fourth-order valence-corrected chi connectivity index (χ4v) is 5.88. The second-order valence-corrected chi connectivity index (χ2v) is 10.1. The van der Waals surface area contributed by atoms with Crippen LogP contribution in [0, 0.1) is 5.82 Å². The largest absolute Gasteiger partial charge is 0.378 e. The molecule has 9 heteroatoms. The molecule has 2 aliphatic rings. The Morgan fingerprint density at radius 3 is 2.50 bits per heavy atom. The summed E-state index contributed by atoms with van der Waals surface area (Å²) in [5.41, 5.74) is 2.56. The lowest BCUT2D eigenvalue weighted by atomic mass is 10.2. The number of anilines is 3. The summed E-state index contributed by atoms with van der Waals surface area (Å²) >= 11 is 0. The van der Waals surface area contributed by atoms with Crippen molar-refractivity contribution in [1.82, 2.24) is 0 Å². The SMILES string of the molecule is O=C(Nc1ccc(N2CCOCC2)c(F)c1)c1cccc(S(=O)(=O)N2CCc3ccccc32)c1. The minimum absolute atomic E-state index is 0.0331. The highest BCUT2D eigenvalue weighted by atomic mass is 32.2. The number of amides is 1. The molecule has 3 aromatic carbocycles. The first-order valence-electron chi connectivity index (χ1n) is 11.1. The number of sulfonamides is 1. The van der Waals surface area contributed by atoms with Gasteiger partial charge in [0.15, 0.2) is 0 Å². The van der Waals surface area contributed by atoms with Crippen molar-refractivity contribution in [1.29, 1.82) is 0 Å². The average molecular weight is 482 g/mol. The van der Waals surface area contributed by atoms with Crippen molar-refractivity contribution >= 4 is 33.0 Å². The molecule has 0 aromatic heterocycles. The highest BCUT2D eigenvalue weighted by Gasteiger charge is 2.31. The summed E-state index contributed by atoms with van der Waals surface area (Å²) in [4.78, 5) is 14.8. The Labute approximate surface area is 197 Å². The van der Waals surface area contributed by atoms with E-state index in [-0.39, 0.29) is 10.5 Å². The lowest BCUT2D eigenvalue weighted by Gasteiger charge is -2.29. The molecule has 0 saturated carbocycles. The van der Waals surface area contributed by atoms with E-state index in [2.05, 4.69) is 5.32 Å². The number of nitrogens with one attached hydrogen (secondary N) is 1. The van der Waals surface area contributed by atoms with Crippen molar-refractivity contribution in [2.75, 3.05) is 47.4 Å². The van der Waals surface area contributed by atoms with Crippen LogP contribution in [0.3, 0.4) is 0 Å². The first kappa shape index (κ1) is 22.4. The van der Waals surface area contributed by atoms with E-state index in [9.17, 15) is 17.6 Å². The second-order valence-electron chi connectivity index (χ2n) is 8.20. The van der Waals surface area contributed by atoms with Gasteiger partial charge in [0, 0.05) is 30.9 Å². The Morgan fingerprint density at radius 1 is 0.912 bits per heavy atom. The van der Waals surface area contributed by atoms with Crippen LogP contribution in [-0.4, -0.2) is 47.2 Å². The molecule has 0 unspecified atom stereocenters. The zero-order valence-corrected chi connectivity index (χ0v) is 19.2. The normalized spacial score (nSPS) is 15.8. The molecule has 0 atom stereocenters. The molecule has 1 N–H and O–H groups in total. The predicted molar refractivity (Wildman–Crippen MR) is 129 cm³/mol. The number of carbonyl (C=O) groups excluding carboxylic acids is 1. The molecule has 1 amide bonds. The van der Waals surface area contributed by atoms with E-state index in [1.54, 1.807) is 24.3 Å². The third-order valence-electron chi connectivity index (χ3n) is 6.09. The maximum Gasteiger partial charge on any atom is 0.264 e. The molecule has 5 rings (SSSR count). The van der Waals surface area contributed by atoms with Gasteiger partial charge in [-0.25, -0.2) is 12.8 Å². The highest BCUT2D eigenvalue weighted by molar-refractivity contribution is 7.92. The lowest BCUT2D eigenvalue weighted by Crippen LogP contribution is -2.36. The molecule has 1 saturated heterocycles. The first-order valence-corrected chi connectivity index (χ1v) is 12.5. The second kappa shape index (κ2) is 9.08. The smallest absolute Gasteiger partial charge is 0.264 e. The first-order chi connectivity index (χ1) is 16.4. The van der Waals surface area contributed by atoms with Gasteiger partial charge in [-0.2, -0.15) is 0 Å². The number of rotatable bonds is 5. The monoisotopic (exact) mass is 481 g/mol. The van der Waals surface area contributed by atoms with E-state index in [0.717, 1.165) is 5.56 Å². The van der Waals surface area contributed by atoms with Gasteiger partial charge >= 0.3 is 0 Å². The minimum Gasteiger partial charge on any atom is -0.378 e. The van der Waals surface area contributed by atoms with E-state index >= 15 is 0 Å². The fourth-order valence-electron chi connectivity index (χ4n) is 4.33. The number of ether oxygens (including phenoxy) is 1. The Balaban J connectivity index is 1.34. The summed E-state index contributed by atoms with van der Waals surface area (Å²) in [6.07, 6.45) is 0.640. The van der Waals surface area contributed by atoms with Gasteiger partial charge in [-0.3, -0.25) is 9.10 Å². The molecule has 7 nitrogen and oxygen atoms in total. The van der Waals surface area contributed by atoms with E-state index in [0.29, 0.717) is 56.3 Å². The van der Waals surface area contributed by atoms with E-state index in [1.165, 1.54) is 34.6 Å². The molecule has 1 fully saturated rings. The predicted octanol–water partition coefficient (Wildman–Crippen LogP) is 3.67. The number of carbonyl (C=O) groups is 1. The Kier molecular flexibility index (Phi) is 5.97. The maximum atomic E-state index is 14.7. The van der Waals surface area contributed by atoms with Crippen LogP contribution in [0.4, 0.5) is 21.5 Å². The third kappa shape index (κ3) is 4.24. The molecule has 2 aliphatic heterocycles. The molecule has 34 heavy (non-hydrogen) atoms. The molecule has 0 aliphatic carbocycles. The summed E-state index contributed by atoms with van der Waals surface area (Å²) < 4.78 is 47.9. The number of hydrogen-bond acceptors (Lipinski definition) is 5. The van der Waals surface area contributed by atoms with E-state index in [1.807, 2.05) is 17.0 Å². The van der Waals surface area contributed by atoms with Crippen LogP contribution in [0.15, 0.2) is 71.6 Å². The average Bonchev–Trinajstić information content (AvgIpc) is 3.30. The number of hydrogen-bond donors (Lipinski definition) is 1. The van der Waals surface area contributed by atoms with Crippen molar-refractivity contribution in [2.24, 2.45) is 0 Å². The van der Waals surface area contributed by atoms with E-state index < -0.39 is 21.7 Å². The lowest BCUT2D eigenvalue weighted by molar-refractivity contribution is 0.102. The number of benzene rings is 3. The summed E-state index contributed by atoms with van der Waals surface area (Å²) in [6.45, 7) is 2.64. The Bertz CT molecular complexity index is 1340.